The Morgan fingerprint density at radius 2 is 1.95 bits per heavy atom. The fourth-order valence-electron chi connectivity index (χ4n) is 5.05. The molecule has 10 nitrogen and oxygen atoms in total. The number of amides is 1. The van der Waals surface area contributed by atoms with E-state index in [2.05, 4.69) is 39.4 Å². The number of nitro benzene ring substituents is 1. The van der Waals surface area contributed by atoms with Crippen molar-refractivity contribution in [1.29, 1.82) is 0 Å². The average molecular weight is 522 g/mol. The topological polar surface area (TPSA) is 110 Å². The van der Waals surface area contributed by atoms with Crippen molar-refractivity contribution in [3.63, 3.8) is 0 Å². The largest absolute Gasteiger partial charge is 0.454 e. The van der Waals surface area contributed by atoms with E-state index in [0.717, 1.165) is 45.0 Å². The van der Waals surface area contributed by atoms with E-state index in [1.165, 1.54) is 34.4 Å². The molecule has 2 aromatic carbocycles. The number of fused-ring (bicyclic) bond motifs is 2. The summed E-state index contributed by atoms with van der Waals surface area (Å²) in [5, 5.41) is 15.6. The van der Waals surface area contributed by atoms with Gasteiger partial charge in [-0.2, -0.15) is 4.37 Å². The van der Waals surface area contributed by atoms with E-state index in [9.17, 15) is 14.9 Å². The van der Waals surface area contributed by atoms with Crippen molar-refractivity contribution in [2.75, 3.05) is 51.0 Å². The van der Waals surface area contributed by atoms with Crippen LogP contribution in [0.15, 0.2) is 42.5 Å². The minimum atomic E-state index is -0.493. The molecule has 11 heteroatoms. The predicted molar refractivity (Wildman–Crippen MR) is 141 cm³/mol. The highest BCUT2D eigenvalue weighted by atomic mass is 32.1. The fraction of sp³-hybridized carbons (Fsp3) is 0.385. The molecular weight excluding hydrogens is 494 g/mol. The Morgan fingerprint density at radius 3 is 2.76 bits per heavy atom. The fourth-order valence-corrected chi connectivity index (χ4v) is 5.85. The van der Waals surface area contributed by atoms with Crippen LogP contribution in [0.25, 0.3) is 16.2 Å². The van der Waals surface area contributed by atoms with Crippen LogP contribution >= 0.6 is 11.5 Å². The van der Waals surface area contributed by atoms with Crippen LogP contribution in [-0.2, 0) is 4.79 Å². The molecule has 6 rings (SSSR count). The van der Waals surface area contributed by atoms with Crippen LogP contribution < -0.4 is 19.7 Å². The minimum absolute atomic E-state index is 0.0291. The van der Waals surface area contributed by atoms with Crippen LogP contribution in [-0.4, -0.2) is 66.2 Å². The smallest absolute Gasteiger partial charge is 0.280 e. The Balaban J connectivity index is 0.953. The van der Waals surface area contributed by atoms with E-state index in [-0.39, 0.29) is 18.4 Å². The van der Waals surface area contributed by atoms with Crippen LogP contribution in [0.2, 0.25) is 0 Å². The number of rotatable bonds is 8. The summed E-state index contributed by atoms with van der Waals surface area (Å²) >= 11 is 1.56. The van der Waals surface area contributed by atoms with Crippen molar-refractivity contribution in [2.24, 2.45) is 11.8 Å². The maximum absolute atomic E-state index is 12.4. The number of nitrogens with zero attached hydrogens (tertiary/aromatic N) is 4. The summed E-state index contributed by atoms with van der Waals surface area (Å²) in [5.74, 6) is 2.68. The molecule has 1 amide bonds. The Morgan fingerprint density at radius 1 is 1.16 bits per heavy atom. The zero-order chi connectivity index (χ0) is 25.4. The molecule has 1 aliphatic carbocycles. The number of nitrogens with one attached hydrogen (secondary N) is 1. The summed E-state index contributed by atoms with van der Waals surface area (Å²) in [4.78, 5) is 28.1. The lowest BCUT2D eigenvalue weighted by molar-refractivity contribution is -0.385. The second kappa shape index (κ2) is 9.98. The van der Waals surface area contributed by atoms with Crippen LogP contribution in [0.3, 0.4) is 0 Å². The second-order valence-corrected chi connectivity index (χ2v) is 10.5. The summed E-state index contributed by atoms with van der Waals surface area (Å²) in [7, 11) is 0. The first kappa shape index (κ1) is 23.7. The highest BCUT2D eigenvalue weighted by Gasteiger charge is 2.38. The molecule has 1 aromatic heterocycles. The molecule has 2 aliphatic heterocycles. The van der Waals surface area contributed by atoms with Gasteiger partial charge >= 0.3 is 0 Å². The number of piperazine rings is 1. The SMILES string of the molecule is O=C(C=Cc1cc2c(cc1[N+](=O)[O-])OCO2)NC[C@H]1C[C@@H]1CN1CCN(c2nsc3ccccc23)CC1. The second-order valence-electron chi connectivity index (χ2n) is 9.65. The van der Waals surface area contributed by atoms with E-state index in [1.54, 1.807) is 11.5 Å². The Hall–Kier alpha value is -3.70. The monoisotopic (exact) mass is 521 g/mol. The summed E-state index contributed by atoms with van der Waals surface area (Å²) in [5.41, 5.74) is 0.178. The van der Waals surface area contributed by atoms with Crippen LogP contribution in [0.4, 0.5) is 11.5 Å². The molecule has 1 saturated carbocycles. The van der Waals surface area contributed by atoms with Gasteiger partial charge in [0.1, 0.15) is 5.82 Å². The molecule has 1 saturated heterocycles. The molecule has 3 aromatic rings. The van der Waals surface area contributed by atoms with Gasteiger partial charge in [0.15, 0.2) is 11.5 Å². The van der Waals surface area contributed by atoms with Gasteiger partial charge in [0, 0.05) is 50.7 Å². The van der Waals surface area contributed by atoms with Crippen molar-refractivity contribution >= 4 is 45.1 Å². The number of benzene rings is 2. The van der Waals surface area contributed by atoms with Crippen molar-refractivity contribution in [3.8, 4) is 11.5 Å². The number of carbonyl (C=O) groups excluding carboxylic acids is 1. The Bertz CT molecular complexity index is 1370. The molecular formula is C26H27N5O5S. The van der Waals surface area contributed by atoms with E-state index >= 15 is 0 Å². The first-order chi connectivity index (χ1) is 18.0. The molecule has 2 atom stereocenters. The van der Waals surface area contributed by atoms with Gasteiger partial charge in [-0.3, -0.25) is 19.8 Å². The quantitative estimate of drug-likeness (QED) is 0.272. The maximum Gasteiger partial charge on any atom is 0.280 e. The lowest BCUT2D eigenvalue weighted by Gasteiger charge is -2.35. The molecule has 1 N–H and O–H groups in total. The molecule has 0 bridgehead atoms. The van der Waals surface area contributed by atoms with Crippen LogP contribution in [0.1, 0.15) is 12.0 Å². The Kier molecular flexibility index (Phi) is 6.39. The van der Waals surface area contributed by atoms with Gasteiger partial charge in [-0.1, -0.05) is 12.1 Å². The van der Waals surface area contributed by atoms with Gasteiger partial charge < -0.3 is 19.7 Å². The molecule has 3 heterocycles. The number of carbonyl (C=O) groups is 1. The number of hydrogen-bond acceptors (Lipinski definition) is 9. The first-order valence-corrected chi connectivity index (χ1v) is 13.2. The molecule has 3 aliphatic rings. The third-order valence-electron chi connectivity index (χ3n) is 7.26. The highest BCUT2D eigenvalue weighted by molar-refractivity contribution is 7.13. The molecule has 0 radical (unpaired) electrons. The summed E-state index contributed by atoms with van der Waals surface area (Å²) in [6, 6.07) is 11.2. The average Bonchev–Trinajstić information content (AvgIpc) is 3.27. The van der Waals surface area contributed by atoms with Crippen molar-refractivity contribution < 1.29 is 19.2 Å². The van der Waals surface area contributed by atoms with Gasteiger partial charge in [-0.15, -0.1) is 0 Å². The number of nitro groups is 1. The lowest BCUT2D eigenvalue weighted by Crippen LogP contribution is -2.47. The van der Waals surface area contributed by atoms with Crippen molar-refractivity contribution in [2.45, 2.75) is 6.42 Å². The third kappa shape index (κ3) is 5.09. The van der Waals surface area contributed by atoms with E-state index < -0.39 is 4.92 Å². The first-order valence-electron chi connectivity index (χ1n) is 12.4. The van der Waals surface area contributed by atoms with Gasteiger partial charge in [0.25, 0.3) is 5.69 Å². The zero-order valence-electron chi connectivity index (χ0n) is 20.2. The van der Waals surface area contributed by atoms with E-state index in [4.69, 9.17) is 13.8 Å². The lowest BCUT2D eigenvalue weighted by atomic mass is 10.1. The van der Waals surface area contributed by atoms with Crippen LogP contribution in [0, 0.1) is 22.0 Å². The van der Waals surface area contributed by atoms with E-state index in [0.29, 0.717) is 35.4 Å². The molecule has 37 heavy (non-hydrogen) atoms. The number of aromatic nitrogens is 1. The molecule has 0 spiro atoms. The van der Waals surface area contributed by atoms with Crippen molar-refractivity contribution in [3.05, 3.63) is 58.2 Å². The van der Waals surface area contributed by atoms with Crippen LogP contribution in [0.5, 0.6) is 11.5 Å². The summed E-state index contributed by atoms with van der Waals surface area (Å²) < 4.78 is 16.4. The van der Waals surface area contributed by atoms with Gasteiger partial charge in [-0.05, 0) is 54.1 Å². The summed E-state index contributed by atoms with van der Waals surface area (Å²) in [6.45, 7) is 5.66. The Labute approximate surface area is 217 Å². The van der Waals surface area contributed by atoms with Gasteiger partial charge in [-0.25, -0.2) is 0 Å². The van der Waals surface area contributed by atoms with Crippen molar-refractivity contribution in [1.82, 2.24) is 14.6 Å². The van der Waals surface area contributed by atoms with Gasteiger partial charge in [0.05, 0.1) is 21.3 Å². The number of anilines is 1. The minimum Gasteiger partial charge on any atom is -0.454 e. The molecule has 192 valence electrons. The molecule has 0 unspecified atom stereocenters. The van der Waals surface area contributed by atoms with E-state index in [1.807, 2.05) is 0 Å². The number of hydrogen-bond donors (Lipinski definition) is 1. The summed E-state index contributed by atoms with van der Waals surface area (Å²) in [6.07, 6.45) is 3.89. The maximum atomic E-state index is 12.4. The normalized spacial score (nSPS) is 21.0. The molecule has 2 fully saturated rings. The third-order valence-corrected chi connectivity index (χ3v) is 8.08. The standard InChI is InChI=1S/C26H27N5O5S/c32-25(6-5-17-12-22-23(36-16-35-22)13-21(17)31(33)34)27-14-18-11-19(18)15-29-7-9-30(10-8-29)26-20-3-1-2-4-24(20)37-28-26/h1-6,12-13,18-19H,7-11,14-16H2,(H,27,32)/t18-,19-/m1/s1. The predicted octanol–water partition coefficient (Wildman–Crippen LogP) is 3.52. The number of ether oxygens (including phenoxy) is 2. The highest BCUT2D eigenvalue weighted by Crippen LogP contribution is 2.40. The zero-order valence-corrected chi connectivity index (χ0v) is 21.0. The van der Waals surface area contributed by atoms with Gasteiger partial charge in [0.2, 0.25) is 12.7 Å².